The van der Waals surface area contributed by atoms with Gasteiger partial charge in [-0.2, -0.15) is 0 Å². The standard InChI is InChI=1S/C10H13Cl3NOP/c11-6-8-14(9-7-12)16(13,15)10-4-2-1-3-5-10/h1-5H,6-9H2. The second-order valence-electron chi connectivity index (χ2n) is 3.17. The highest BCUT2D eigenvalue weighted by molar-refractivity contribution is 7.93. The zero-order valence-electron chi connectivity index (χ0n) is 8.65. The minimum atomic E-state index is -3.05. The highest BCUT2D eigenvalue weighted by Gasteiger charge is 2.29. The first kappa shape index (κ1) is 14.3. The first-order valence-electron chi connectivity index (χ1n) is 4.85. The van der Waals surface area contributed by atoms with E-state index in [-0.39, 0.29) is 0 Å². The van der Waals surface area contributed by atoms with Gasteiger partial charge in [-0.3, -0.25) is 4.57 Å². The third-order valence-corrected chi connectivity index (χ3v) is 5.75. The minimum absolute atomic E-state index is 0.375. The van der Waals surface area contributed by atoms with Crippen LogP contribution in [-0.4, -0.2) is 29.5 Å². The van der Waals surface area contributed by atoms with Gasteiger partial charge in [-0.25, -0.2) is 4.67 Å². The van der Waals surface area contributed by atoms with Crippen LogP contribution in [0.2, 0.25) is 0 Å². The lowest BCUT2D eigenvalue weighted by Gasteiger charge is -2.25. The third-order valence-electron chi connectivity index (χ3n) is 2.12. The molecule has 0 saturated heterocycles. The van der Waals surface area contributed by atoms with E-state index in [1.165, 1.54) is 0 Å². The lowest BCUT2D eigenvalue weighted by Crippen LogP contribution is -2.27. The van der Waals surface area contributed by atoms with Crippen molar-refractivity contribution >= 4 is 46.4 Å². The maximum atomic E-state index is 12.5. The number of nitrogens with zero attached hydrogens (tertiary/aromatic N) is 1. The summed E-state index contributed by atoms with van der Waals surface area (Å²) in [7, 11) is 0. The maximum absolute atomic E-state index is 12.5. The van der Waals surface area contributed by atoms with Crippen LogP contribution < -0.4 is 5.30 Å². The summed E-state index contributed by atoms with van der Waals surface area (Å²) in [4.78, 5) is 0. The van der Waals surface area contributed by atoms with Crippen LogP contribution in [0.5, 0.6) is 0 Å². The summed E-state index contributed by atoms with van der Waals surface area (Å²) < 4.78 is 14.1. The fraction of sp³-hybridized carbons (Fsp3) is 0.400. The number of alkyl halides is 2. The summed E-state index contributed by atoms with van der Waals surface area (Å²) >= 11 is 17.5. The van der Waals surface area contributed by atoms with E-state index in [1.54, 1.807) is 16.8 Å². The minimum Gasteiger partial charge on any atom is -0.284 e. The Hall–Kier alpha value is 0.280. The monoisotopic (exact) mass is 299 g/mol. The van der Waals surface area contributed by atoms with E-state index in [2.05, 4.69) is 0 Å². The molecule has 1 rings (SSSR count). The smallest absolute Gasteiger partial charge is 0.263 e. The van der Waals surface area contributed by atoms with Crippen molar-refractivity contribution in [3.8, 4) is 0 Å². The molecular weight excluding hydrogens is 287 g/mol. The number of halogens is 3. The van der Waals surface area contributed by atoms with Crippen LogP contribution in [0.4, 0.5) is 0 Å². The van der Waals surface area contributed by atoms with Crippen LogP contribution >= 0.6 is 41.1 Å². The van der Waals surface area contributed by atoms with Crippen molar-refractivity contribution in [1.29, 1.82) is 0 Å². The molecule has 0 aromatic heterocycles. The van der Waals surface area contributed by atoms with Crippen molar-refractivity contribution in [3.05, 3.63) is 30.3 Å². The normalized spacial score (nSPS) is 15.0. The van der Waals surface area contributed by atoms with Gasteiger partial charge >= 0.3 is 0 Å². The van der Waals surface area contributed by atoms with Gasteiger partial charge < -0.3 is 0 Å². The largest absolute Gasteiger partial charge is 0.284 e. The Morgan fingerprint density at radius 1 is 1.06 bits per heavy atom. The highest BCUT2D eigenvalue weighted by Crippen LogP contribution is 2.53. The molecule has 16 heavy (non-hydrogen) atoms. The van der Waals surface area contributed by atoms with Gasteiger partial charge in [-0.1, -0.05) is 18.2 Å². The van der Waals surface area contributed by atoms with Gasteiger partial charge in [0, 0.05) is 30.2 Å². The SMILES string of the molecule is O=P(Cl)(c1ccccc1)N(CCCl)CCCl. The predicted molar refractivity (Wildman–Crippen MR) is 72.5 cm³/mol. The molecule has 1 aromatic rings. The summed E-state index contributed by atoms with van der Waals surface area (Å²) in [6.07, 6.45) is 0. The quantitative estimate of drug-likeness (QED) is 0.592. The van der Waals surface area contributed by atoms with Gasteiger partial charge in [0.15, 0.2) is 0 Å². The molecule has 0 amide bonds. The summed E-state index contributed by atoms with van der Waals surface area (Å²) in [6, 6.07) is 8.98. The summed E-state index contributed by atoms with van der Waals surface area (Å²) in [5, 5.41) is 0.618. The topological polar surface area (TPSA) is 20.3 Å². The molecule has 0 radical (unpaired) electrons. The molecular formula is C10H13Cl3NOP. The lowest BCUT2D eigenvalue weighted by molar-refractivity contribution is 0.466. The molecule has 0 N–H and O–H groups in total. The first-order valence-corrected chi connectivity index (χ1v) is 8.49. The molecule has 0 aliphatic carbocycles. The van der Waals surface area contributed by atoms with Gasteiger partial charge in [0.2, 0.25) is 0 Å². The van der Waals surface area contributed by atoms with Crippen molar-refractivity contribution in [3.63, 3.8) is 0 Å². The van der Waals surface area contributed by atoms with Gasteiger partial charge in [-0.15, -0.1) is 23.2 Å². The molecule has 1 unspecified atom stereocenters. The Morgan fingerprint density at radius 2 is 1.56 bits per heavy atom. The van der Waals surface area contributed by atoms with Crippen molar-refractivity contribution in [1.82, 2.24) is 4.67 Å². The summed E-state index contributed by atoms with van der Waals surface area (Å²) in [6.45, 7) is -2.13. The number of benzene rings is 1. The second kappa shape index (κ2) is 6.88. The van der Waals surface area contributed by atoms with E-state index >= 15 is 0 Å². The molecule has 0 aliphatic rings. The van der Waals surface area contributed by atoms with Gasteiger partial charge in [0.1, 0.15) is 0 Å². The third kappa shape index (κ3) is 3.65. The predicted octanol–water partition coefficient (Wildman–Crippen LogP) is 3.52. The average Bonchev–Trinajstić information content (AvgIpc) is 2.30. The Balaban J connectivity index is 2.93. The molecule has 0 heterocycles. The zero-order chi connectivity index (χ0) is 12.0. The Kier molecular flexibility index (Phi) is 6.17. The van der Waals surface area contributed by atoms with E-state index in [0.717, 1.165) is 0 Å². The highest BCUT2D eigenvalue weighted by atomic mass is 35.7. The number of hydrogen-bond donors (Lipinski definition) is 0. The van der Waals surface area contributed by atoms with E-state index in [9.17, 15) is 4.57 Å². The Morgan fingerprint density at radius 3 is 2.00 bits per heavy atom. The molecule has 6 heteroatoms. The van der Waals surface area contributed by atoms with Crippen LogP contribution in [0.3, 0.4) is 0 Å². The van der Waals surface area contributed by atoms with E-state index < -0.39 is 6.65 Å². The second-order valence-corrected chi connectivity index (χ2v) is 7.39. The molecule has 0 aliphatic heterocycles. The number of rotatable bonds is 6. The van der Waals surface area contributed by atoms with Crippen LogP contribution in [0.25, 0.3) is 0 Å². The van der Waals surface area contributed by atoms with E-state index in [0.29, 0.717) is 30.2 Å². The molecule has 0 spiro atoms. The maximum Gasteiger partial charge on any atom is 0.263 e. The lowest BCUT2D eigenvalue weighted by atomic mass is 10.4. The average molecular weight is 301 g/mol. The zero-order valence-corrected chi connectivity index (χ0v) is 11.8. The molecule has 0 bridgehead atoms. The number of hydrogen-bond acceptors (Lipinski definition) is 1. The summed E-state index contributed by atoms with van der Waals surface area (Å²) in [5.41, 5.74) is 0. The van der Waals surface area contributed by atoms with Crippen molar-refractivity contribution in [2.45, 2.75) is 0 Å². The Bertz CT molecular complexity index is 354. The van der Waals surface area contributed by atoms with Gasteiger partial charge in [-0.05, 0) is 23.4 Å². The van der Waals surface area contributed by atoms with Crippen molar-refractivity contribution < 1.29 is 4.57 Å². The van der Waals surface area contributed by atoms with Crippen LogP contribution in [-0.2, 0) is 4.57 Å². The molecule has 0 fully saturated rings. The van der Waals surface area contributed by atoms with Crippen LogP contribution in [0.1, 0.15) is 0 Å². The fourth-order valence-corrected chi connectivity index (χ4v) is 4.36. The fourth-order valence-electron chi connectivity index (χ4n) is 1.34. The van der Waals surface area contributed by atoms with Crippen molar-refractivity contribution in [2.24, 2.45) is 0 Å². The molecule has 1 atom stereocenters. The van der Waals surface area contributed by atoms with Gasteiger partial charge in [0.05, 0.1) is 0 Å². The molecule has 1 aromatic carbocycles. The van der Waals surface area contributed by atoms with Crippen molar-refractivity contribution in [2.75, 3.05) is 24.8 Å². The summed E-state index contributed by atoms with van der Waals surface area (Å²) in [5.74, 6) is 0.751. The van der Waals surface area contributed by atoms with Gasteiger partial charge in [0.25, 0.3) is 6.65 Å². The van der Waals surface area contributed by atoms with Crippen LogP contribution in [0.15, 0.2) is 30.3 Å². The molecule has 2 nitrogen and oxygen atoms in total. The van der Waals surface area contributed by atoms with E-state index in [4.69, 9.17) is 34.4 Å². The first-order chi connectivity index (χ1) is 7.62. The van der Waals surface area contributed by atoms with Crippen LogP contribution in [0, 0.1) is 0 Å². The molecule has 90 valence electrons. The Labute approximate surface area is 111 Å². The van der Waals surface area contributed by atoms with E-state index in [1.807, 2.05) is 18.2 Å². The molecule has 0 saturated carbocycles.